The van der Waals surface area contributed by atoms with Crippen molar-refractivity contribution in [2.24, 2.45) is 11.8 Å². The lowest BCUT2D eigenvalue weighted by atomic mass is 9.91. The number of hydrogen-bond donors (Lipinski definition) is 7. The fraction of sp³-hybridized carbons (Fsp3) is 0.727. The van der Waals surface area contributed by atoms with E-state index in [-0.39, 0.29) is 0 Å². The monoisotopic (exact) mass is 408 g/mol. The quantitative estimate of drug-likeness (QED) is 0.250. The van der Waals surface area contributed by atoms with Crippen LogP contribution in [0.15, 0.2) is 0 Å². The van der Waals surface area contributed by atoms with E-state index < -0.39 is 63.2 Å². The molecule has 0 bridgehead atoms. The Hall–Kier alpha value is -1.29. The van der Waals surface area contributed by atoms with Gasteiger partial charge >= 0.3 is 33.1 Å². The highest BCUT2D eigenvalue weighted by atomic mass is 31.2. The molecule has 0 radical (unpaired) electrons. The average Bonchev–Trinajstić information content (AvgIpc) is 2.39. The molecule has 0 spiro atoms. The van der Waals surface area contributed by atoms with Crippen LogP contribution in [-0.4, -0.2) is 64.6 Å². The van der Waals surface area contributed by atoms with Crippen LogP contribution in [0, 0.1) is 11.8 Å². The van der Waals surface area contributed by atoms with Crippen LogP contribution in [0.3, 0.4) is 0 Å². The van der Waals surface area contributed by atoms with Gasteiger partial charge in [-0.25, -0.2) is 0 Å². The molecule has 148 valence electrons. The minimum Gasteiger partial charge on any atom is -0.481 e. The van der Waals surface area contributed by atoms with E-state index in [0.29, 0.717) is 6.42 Å². The summed E-state index contributed by atoms with van der Waals surface area (Å²) < 4.78 is 20.9. The topological polar surface area (TPSA) is 227 Å². The van der Waals surface area contributed by atoms with Crippen molar-refractivity contribution in [1.29, 1.82) is 0 Å². The molecule has 0 aromatic rings. The molecule has 7 N–H and O–H groups in total. The molecule has 25 heavy (non-hydrogen) atoms. The zero-order chi connectivity index (χ0) is 20.6. The zero-order valence-corrected chi connectivity index (χ0v) is 15.2. The first-order valence-electron chi connectivity index (χ1n) is 6.80. The van der Waals surface area contributed by atoms with Gasteiger partial charge in [0, 0.05) is 0 Å². The number of rotatable bonds is 9. The number of carbonyl (C=O) groups is 3. The molecular weight excluding hydrogens is 386 g/mol. The third kappa shape index (κ3) is 12.7. The van der Waals surface area contributed by atoms with E-state index in [0.717, 1.165) is 0 Å². The lowest BCUT2D eigenvalue weighted by Gasteiger charge is -2.19. The summed E-state index contributed by atoms with van der Waals surface area (Å²) >= 11 is 0. The Morgan fingerprint density at radius 1 is 0.880 bits per heavy atom. The first-order valence-corrected chi connectivity index (χ1v) is 10.3. The van der Waals surface area contributed by atoms with Crippen molar-refractivity contribution >= 4 is 33.1 Å². The Kier molecular flexibility index (Phi) is 11.0. The summed E-state index contributed by atoms with van der Waals surface area (Å²) in [5.74, 6) is -8.90. The third-order valence-corrected chi connectivity index (χ3v) is 5.50. The molecule has 0 aromatic carbocycles. The standard InChI is InChI=1S/C7H11O9P.C4H11O3P/c8-5(9)1-3(6(10)11)4(7(12)13)2-17(14,15)16;1-3-4(2)8(5,6)7/h3-4H,1-2H2,(H,8,9)(H,10,11)(H,12,13)(H2,14,15,16);4H,3H2,1-2H3,(H2,5,6,7). The zero-order valence-electron chi connectivity index (χ0n) is 13.4. The molecule has 0 aliphatic heterocycles. The maximum atomic E-state index is 10.7. The molecular formula is C11H22O12P2. The van der Waals surface area contributed by atoms with Crippen molar-refractivity contribution < 1.29 is 58.4 Å². The maximum absolute atomic E-state index is 10.7. The van der Waals surface area contributed by atoms with E-state index in [9.17, 15) is 23.5 Å². The maximum Gasteiger partial charge on any atom is 0.328 e. The summed E-state index contributed by atoms with van der Waals surface area (Å²) in [4.78, 5) is 65.8. The number of carboxylic acid groups (broad SMARTS) is 3. The molecule has 0 saturated heterocycles. The van der Waals surface area contributed by atoms with Gasteiger partial charge in [-0.3, -0.25) is 23.5 Å². The normalized spacial score (nSPS) is 15.3. The second-order valence-corrected chi connectivity index (χ2v) is 8.94. The molecule has 0 aliphatic carbocycles. The lowest BCUT2D eigenvalue weighted by molar-refractivity contribution is -0.156. The van der Waals surface area contributed by atoms with Crippen LogP contribution in [-0.2, 0) is 23.5 Å². The van der Waals surface area contributed by atoms with E-state index in [2.05, 4.69) is 0 Å². The van der Waals surface area contributed by atoms with Crippen molar-refractivity contribution in [3.63, 3.8) is 0 Å². The van der Waals surface area contributed by atoms with Crippen LogP contribution in [0.4, 0.5) is 0 Å². The van der Waals surface area contributed by atoms with Gasteiger partial charge in [0.2, 0.25) is 0 Å². The van der Waals surface area contributed by atoms with E-state index in [4.69, 9.17) is 34.9 Å². The predicted octanol–water partition coefficient (Wildman–Crippen LogP) is 0.00300. The molecule has 0 aromatic heterocycles. The molecule has 3 unspecified atom stereocenters. The average molecular weight is 408 g/mol. The molecule has 0 fully saturated rings. The highest BCUT2D eigenvalue weighted by Gasteiger charge is 2.39. The number of aliphatic carboxylic acids is 3. The van der Waals surface area contributed by atoms with Gasteiger partial charge in [0.1, 0.15) is 0 Å². The Morgan fingerprint density at radius 3 is 1.44 bits per heavy atom. The van der Waals surface area contributed by atoms with Crippen LogP contribution in [0.5, 0.6) is 0 Å². The molecule has 0 amide bonds. The molecule has 0 heterocycles. The Bertz CT molecular complexity index is 561. The van der Waals surface area contributed by atoms with E-state index in [1.54, 1.807) is 13.8 Å². The van der Waals surface area contributed by atoms with Crippen LogP contribution in [0.2, 0.25) is 0 Å². The summed E-state index contributed by atoms with van der Waals surface area (Å²) in [5, 5.41) is 25.7. The predicted molar refractivity (Wildman–Crippen MR) is 83.2 cm³/mol. The van der Waals surface area contributed by atoms with Crippen molar-refractivity contribution in [3.05, 3.63) is 0 Å². The molecule has 3 atom stereocenters. The van der Waals surface area contributed by atoms with Crippen molar-refractivity contribution in [3.8, 4) is 0 Å². The first kappa shape index (κ1) is 25.9. The molecule has 0 rings (SSSR count). The van der Waals surface area contributed by atoms with Gasteiger partial charge in [0.25, 0.3) is 0 Å². The van der Waals surface area contributed by atoms with Crippen LogP contribution < -0.4 is 0 Å². The van der Waals surface area contributed by atoms with E-state index >= 15 is 0 Å². The van der Waals surface area contributed by atoms with Gasteiger partial charge in [-0.05, 0) is 6.42 Å². The third-order valence-electron chi connectivity index (χ3n) is 3.11. The van der Waals surface area contributed by atoms with Crippen LogP contribution >= 0.6 is 15.2 Å². The summed E-state index contributed by atoms with van der Waals surface area (Å²) in [5.41, 5.74) is -0.484. The van der Waals surface area contributed by atoms with Gasteiger partial charge in [-0.2, -0.15) is 0 Å². The highest BCUT2D eigenvalue weighted by molar-refractivity contribution is 7.52. The largest absolute Gasteiger partial charge is 0.481 e. The fourth-order valence-corrected chi connectivity index (χ4v) is 2.86. The summed E-state index contributed by atoms with van der Waals surface area (Å²) in [6, 6.07) is 0. The number of carboxylic acids is 3. The van der Waals surface area contributed by atoms with Gasteiger partial charge < -0.3 is 34.9 Å². The van der Waals surface area contributed by atoms with E-state index in [1.807, 2.05) is 0 Å². The molecule has 14 heteroatoms. The Morgan fingerprint density at radius 2 is 1.28 bits per heavy atom. The number of hydrogen-bond acceptors (Lipinski definition) is 5. The van der Waals surface area contributed by atoms with Gasteiger partial charge in [0.05, 0.1) is 30.1 Å². The van der Waals surface area contributed by atoms with Crippen LogP contribution in [0.1, 0.15) is 26.7 Å². The highest BCUT2D eigenvalue weighted by Crippen LogP contribution is 2.42. The van der Waals surface area contributed by atoms with Crippen molar-refractivity contribution in [1.82, 2.24) is 0 Å². The van der Waals surface area contributed by atoms with Gasteiger partial charge in [0.15, 0.2) is 0 Å². The van der Waals surface area contributed by atoms with E-state index in [1.165, 1.54) is 0 Å². The smallest absolute Gasteiger partial charge is 0.328 e. The minimum atomic E-state index is -4.75. The summed E-state index contributed by atoms with van der Waals surface area (Å²) in [7, 11) is -8.51. The minimum absolute atomic E-state index is 0.484. The van der Waals surface area contributed by atoms with Crippen LogP contribution in [0.25, 0.3) is 0 Å². The fourth-order valence-electron chi connectivity index (χ4n) is 1.46. The Balaban J connectivity index is 0. The SMILES string of the molecule is CCC(C)P(=O)(O)O.O=C(O)CC(C(=O)O)C(CP(=O)(O)O)C(=O)O. The van der Waals surface area contributed by atoms with Gasteiger partial charge in [-0.1, -0.05) is 13.8 Å². The molecule has 0 saturated carbocycles. The van der Waals surface area contributed by atoms with Gasteiger partial charge in [-0.15, -0.1) is 0 Å². The summed E-state index contributed by atoms with van der Waals surface area (Å²) in [6.07, 6.45) is -1.71. The summed E-state index contributed by atoms with van der Waals surface area (Å²) in [6.45, 7) is 3.30. The first-order chi connectivity index (χ1) is 11.0. The Labute approximate surface area is 142 Å². The van der Waals surface area contributed by atoms with Crippen molar-refractivity contribution in [2.75, 3.05) is 6.16 Å². The molecule has 12 nitrogen and oxygen atoms in total. The second-order valence-electron chi connectivity index (χ2n) is 5.18. The van der Waals surface area contributed by atoms with Crippen molar-refractivity contribution in [2.45, 2.75) is 32.3 Å². The lowest BCUT2D eigenvalue weighted by Crippen LogP contribution is -2.34. The molecule has 0 aliphatic rings. The second kappa shape index (κ2) is 10.6.